The van der Waals surface area contributed by atoms with Crippen LogP contribution in [0.2, 0.25) is 0 Å². The monoisotopic (exact) mass is 262 g/mol. The van der Waals surface area contributed by atoms with E-state index in [1.54, 1.807) is 12.3 Å². The number of aromatic nitrogens is 1. The third-order valence-corrected chi connectivity index (χ3v) is 4.32. The third-order valence-electron chi connectivity index (χ3n) is 4.10. The number of nitrogen functional groups attached to an aromatic ring is 1. The molecule has 0 radical (unpaired) electrons. The molecule has 1 heterocycles. The fourth-order valence-corrected chi connectivity index (χ4v) is 3.51. The van der Waals surface area contributed by atoms with Gasteiger partial charge in [-0.25, -0.2) is 4.98 Å². The van der Waals surface area contributed by atoms with E-state index in [1.165, 1.54) is 25.7 Å². The Hall–Kier alpha value is -1.36. The summed E-state index contributed by atoms with van der Waals surface area (Å²) in [5.41, 5.74) is 6.42. The highest BCUT2D eigenvalue weighted by atomic mass is 32.1. The van der Waals surface area contributed by atoms with Crippen LogP contribution in [0.25, 0.3) is 0 Å². The van der Waals surface area contributed by atoms with Gasteiger partial charge in [-0.1, -0.05) is 6.42 Å². The van der Waals surface area contributed by atoms with Crippen LogP contribution in [0.5, 0.6) is 0 Å². The lowest BCUT2D eigenvalue weighted by Gasteiger charge is -2.24. The Kier molecular flexibility index (Phi) is 3.07. The molecule has 0 unspecified atom stereocenters. The zero-order chi connectivity index (χ0) is 12.5. The normalized spacial score (nSPS) is 29.2. The van der Waals surface area contributed by atoms with Crippen LogP contribution in [0, 0.1) is 11.8 Å². The number of anilines is 2. The Morgan fingerprint density at radius 2 is 2.22 bits per heavy atom. The largest absolute Gasteiger partial charge is 0.384 e. The summed E-state index contributed by atoms with van der Waals surface area (Å²) in [7, 11) is 0. The SMILES string of the molecule is Nc1ccc(NC(=S)N[C@@H]2C[C@H]3CC[C@H]2C3)cn1. The van der Waals surface area contributed by atoms with Gasteiger partial charge in [0.2, 0.25) is 0 Å². The predicted molar refractivity (Wildman–Crippen MR) is 77.2 cm³/mol. The molecule has 96 valence electrons. The lowest BCUT2D eigenvalue weighted by molar-refractivity contribution is 0.392. The smallest absolute Gasteiger partial charge is 0.171 e. The molecule has 3 atom stereocenters. The van der Waals surface area contributed by atoms with Gasteiger partial charge in [0.25, 0.3) is 0 Å². The van der Waals surface area contributed by atoms with E-state index in [4.69, 9.17) is 18.0 Å². The number of nitrogens with two attached hydrogens (primary N) is 1. The molecule has 2 bridgehead atoms. The van der Waals surface area contributed by atoms with Gasteiger partial charge in [-0.2, -0.15) is 0 Å². The summed E-state index contributed by atoms with van der Waals surface area (Å²) < 4.78 is 0. The Morgan fingerprint density at radius 1 is 1.33 bits per heavy atom. The molecule has 4 nitrogen and oxygen atoms in total. The summed E-state index contributed by atoms with van der Waals surface area (Å²) in [5.74, 6) is 2.26. The fraction of sp³-hybridized carbons (Fsp3) is 0.538. The number of thiocarbonyl (C=S) groups is 1. The van der Waals surface area contributed by atoms with Crippen LogP contribution in [0.1, 0.15) is 25.7 Å². The van der Waals surface area contributed by atoms with Crippen molar-refractivity contribution in [3.8, 4) is 0 Å². The van der Waals surface area contributed by atoms with Crippen LogP contribution in [0.4, 0.5) is 11.5 Å². The lowest BCUT2D eigenvalue weighted by atomic mass is 9.96. The second-order valence-electron chi connectivity index (χ2n) is 5.35. The molecule has 0 aromatic carbocycles. The Labute approximate surface area is 112 Å². The van der Waals surface area contributed by atoms with Crippen LogP contribution in [-0.4, -0.2) is 16.1 Å². The fourth-order valence-electron chi connectivity index (χ4n) is 3.24. The lowest BCUT2D eigenvalue weighted by Crippen LogP contribution is -2.40. The number of nitrogens with zero attached hydrogens (tertiary/aromatic N) is 1. The zero-order valence-corrected chi connectivity index (χ0v) is 11.0. The van der Waals surface area contributed by atoms with Crippen molar-refractivity contribution in [2.45, 2.75) is 31.7 Å². The van der Waals surface area contributed by atoms with Gasteiger partial charge in [0.15, 0.2) is 5.11 Å². The first-order chi connectivity index (χ1) is 8.70. The molecule has 2 aliphatic carbocycles. The highest BCUT2D eigenvalue weighted by Crippen LogP contribution is 2.44. The van der Waals surface area contributed by atoms with Crippen molar-refractivity contribution in [2.75, 3.05) is 11.1 Å². The number of rotatable bonds is 2. The standard InChI is InChI=1S/C13H18N4S/c14-12-4-3-10(7-15-12)16-13(18)17-11-6-8-1-2-9(11)5-8/h3-4,7-9,11H,1-2,5-6H2,(H2,14,15)(H2,16,17,18)/t8-,9-,11+/m0/s1. The van der Waals surface area contributed by atoms with Crippen molar-refractivity contribution >= 4 is 28.8 Å². The molecule has 0 aliphatic heterocycles. The van der Waals surface area contributed by atoms with Gasteiger partial charge in [-0.05, 0) is 55.4 Å². The van der Waals surface area contributed by atoms with Gasteiger partial charge in [0, 0.05) is 6.04 Å². The van der Waals surface area contributed by atoms with Crippen LogP contribution >= 0.6 is 12.2 Å². The summed E-state index contributed by atoms with van der Waals surface area (Å²) in [6.45, 7) is 0. The summed E-state index contributed by atoms with van der Waals surface area (Å²) in [6.07, 6.45) is 7.11. The first-order valence-electron chi connectivity index (χ1n) is 6.50. The van der Waals surface area contributed by atoms with Gasteiger partial charge in [-0.15, -0.1) is 0 Å². The molecule has 1 aromatic rings. The van der Waals surface area contributed by atoms with Crippen LogP contribution in [-0.2, 0) is 0 Å². The number of fused-ring (bicyclic) bond motifs is 2. The molecule has 1 aromatic heterocycles. The Morgan fingerprint density at radius 3 is 2.83 bits per heavy atom. The summed E-state index contributed by atoms with van der Waals surface area (Å²) in [6, 6.07) is 4.21. The molecular formula is C13H18N4S. The highest BCUT2D eigenvalue weighted by molar-refractivity contribution is 7.80. The number of hydrogen-bond donors (Lipinski definition) is 3. The average Bonchev–Trinajstić information content (AvgIpc) is 2.94. The third kappa shape index (κ3) is 2.41. The minimum atomic E-state index is 0.521. The number of nitrogens with one attached hydrogen (secondary N) is 2. The van der Waals surface area contributed by atoms with Gasteiger partial charge >= 0.3 is 0 Å². The van der Waals surface area contributed by atoms with Gasteiger partial charge in [-0.3, -0.25) is 0 Å². The van der Waals surface area contributed by atoms with E-state index in [0.717, 1.165) is 17.5 Å². The average molecular weight is 262 g/mol. The minimum absolute atomic E-state index is 0.521. The second-order valence-corrected chi connectivity index (χ2v) is 5.76. The van der Waals surface area contributed by atoms with E-state index in [1.807, 2.05) is 6.07 Å². The molecule has 2 aliphatic rings. The first kappa shape index (κ1) is 11.7. The van der Waals surface area contributed by atoms with E-state index in [-0.39, 0.29) is 0 Å². The molecule has 4 N–H and O–H groups in total. The van der Waals surface area contributed by atoms with Crippen LogP contribution in [0.15, 0.2) is 18.3 Å². The van der Waals surface area contributed by atoms with Crippen molar-refractivity contribution in [1.82, 2.24) is 10.3 Å². The molecule has 3 rings (SSSR count). The summed E-state index contributed by atoms with van der Waals surface area (Å²) in [4.78, 5) is 4.03. The molecule has 0 amide bonds. The molecule has 0 saturated heterocycles. The van der Waals surface area contributed by atoms with Gasteiger partial charge < -0.3 is 16.4 Å². The molecule has 0 spiro atoms. The summed E-state index contributed by atoms with van der Waals surface area (Å²) in [5, 5.41) is 7.29. The van der Waals surface area contributed by atoms with Gasteiger partial charge in [0.05, 0.1) is 11.9 Å². The summed E-state index contributed by atoms with van der Waals surface area (Å²) >= 11 is 5.34. The zero-order valence-electron chi connectivity index (χ0n) is 10.2. The van der Waals surface area contributed by atoms with E-state index in [2.05, 4.69) is 15.6 Å². The van der Waals surface area contributed by atoms with Crippen molar-refractivity contribution in [3.63, 3.8) is 0 Å². The van der Waals surface area contributed by atoms with Crippen LogP contribution in [0.3, 0.4) is 0 Å². The van der Waals surface area contributed by atoms with Crippen molar-refractivity contribution in [2.24, 2.45) is 11.8 Å². The van der Waals surface area contributed by atoms with Crippen molar-refractivity contribution in [3.05, 3.63) is 18.3 Å². The van der Waals surface area contributed by atoms with Crippen LogP contribution < -0.4 is 16.4 Å². The maximum atomic E-state index is 5.54. The van der Waals surface area contributed by atoms with E-state index < -0.39 is 0 Å². The number of hydrogen-bond acceptors (Lipinski definition) is 3. The minimum Gasteiger partial charge on any atom is -0.384 e. The number of pyridine rings is 1. The maximum Gasteiger partial charge on any atom is 0.171 e. The van der Waals surface area contributed by atoms with E-state index >= 15 is 0 Å². The Bertz CT molecular complexity index is 445. The predicted octanol–water partition coefficient (Wildman–Crippen LogP) is 2.14. The van der Waals surface area contributed by atoms with E-state index in [0.29, 0.717) is 17.0 Å². The molecule has 18 heavy (non-hydrogen) atoms. The quantitative estimate of drug-likeness (QED) is 0.713. The molecule has 2 fully saturated rings. The second kappa shape index (κ2) is 4.72. The molecule has 2 saturated carbocycles. The Balaban J connectivity index is 1.54. The van der Waals surface area contributed by atoms with Crippen molar-refractivity contribution < 1.29 is 0 Å². The highest BCUT2D eigenvalue weighted by Gasteiger charge is 2.39. The first-order valence-corrected chi connectivity index (χ1v) is 6.90. The van der Waals surface area contributed by atoms with E-state index in [9.17, 15) is 0 Å². The van der Waals surface area contributed by atoms with Crippen molar-refractivity contribution in [1.29, 1.82) is 0 Å². The maximum absolute atomic E-state index is 5.54. The molecular weight excluding hydrogens is 244 g/mol. The topological polar surface area (TPSA) is 63.0 Å². The van der Waals surface area contributed by atoms with Gasteiger partial charge in [0.1, 0.15) is 5.82 Å². The molecule has 5 heteroatoms.